The van der Waals surface area contributed by atoms with Crippen LogP contribution < -0.4 is 19.8 Å². The van der Waals surface area contributed by atoms with Crippen LogP contribution in [0, 0.1) is 0 Å². The maximum atomic E-state index is 12.4. The topological polar surface area (TPSA) is 75.0 Å². The molecular weight excluding hydrogens is 348 g/mol. The van der Waals surface area contributed by atoms with Crippen molar-refractivity contribution in [2.45, 2.75) is 25.9 Å². The average molecular weight is 366 g/mol. The zero-order valence-corrected chi connectivity index (χ0v) is 14.8. The first-order valence-electron chi connectivity index (χ1n) is 8.81. The zero-order chi connectivity index (χ0) is 18.8. The molecule has 0 saturated heterocycles. The number of hydrogen-bond donors (Lipinski definition) is 0. The molecule has 1 aliphatic rings. The van der Waals surface area contributed by atoms with Crippen molar-refractivity contribution >= 4 is 16.9 Å². The van der Waals surface area contributed by atoms with Gasteiger partial charge in [-0.05, 0) is 36.2 Å². The molecule has 2 aromatic carbocycles. The van der Waals surface area contributed by atoms with Gasteiger partial charge in [-0.25, -0.2) is 9.59 Å². The lowest BCUT2D eigenvalue weighted by Gasteiger charge is -2.24. The highest BCUT2D eigenvalue weighted by Crippen LogP contribution is 2.31. The van der Waals surface area contributed by atoms with E-state index in [1.807, 2.05) is 13.0 Å². The first-order valence-corrected chi connectivity index (χ1v) is 8.81. The van der Waals surface area contributed by atoms with Crippen molar-refractivity contribution in [3.8, 4) is 17.2 Å². The number of hydrogen-bond acceptors (Lipinski definition) is 6. The highest BCUT2D eigenvalue weighted by Gasteiger charge is 2.29. The maximum absolute atomic E-state index is 12.4. The van der Waals surface area contributed by atoms with E-state index in [-0.39, 0.29) is 12.4 Å². The minimum absolute atomic E-state index is 0.0686. The van der Waals surface area contributed by atoms with Gasteiger partial charge in [0.05, 0.1) is 0 Å². The molecule has 0 amide bonds. The Bertz CT molecular complexity index is 1050. The summed E-state index contributed by atoms with van der Waals surface area (Å²) in [6.45, 7) is 2.11. The number of benzene rings is 2. The van der Waals surface area contributed by atoms with Gasteiger partial charge in [-0.2, -0.15) is 0 Å². The van der Waals surface area contributed by atoms with Crippen LogP contribution in [0.15, 0.2) is 57.7 Å². The van der Waals surface area contributed by atoms with E-state index < -0.39 is 17.7 Å². The Morgan fingerprint density at radius 3 is 2.78 bits per heavy atom. The van der Waals surface area contributed by atoms with E-state index in [0.29, 0.717) is 17.1 Å². The third-order valence-corrected chi connectivity index (χ3v) is 4.31. The predicted molar refractivity (Wildman–Crippen MR) is 98.5 cm³/mol. The Kier molecular flexibility index (Phi) is 4.54. The summed E-state index contributed by atoms with van der Waals surface area (Å²) < 4.78 is 21.9. The number of carbonyl (C=O) groups excluding carboxylic acids is 1. The van der Waals surface area contributed by atoms with E-state index in [9.17, 15) is 9.59 Å². The molecule has 1 aliphatic heterocycles. The second kappa shape index (κ2) is 7.15. The number of rotatable bonds is 4. The molecule has 1 atom stereocenters. The fourth-order valence-electron chi connectivity index (χ4n) is 3.07. The lowest BCUT2D eigenvalue weighted by atomic mass is 10.1. The Balaban J connectivity index is 1.55. The summed E-state index contributed by atoms with van der Waals surface area (Å²) in [7, 11) is 0. The standard InChI is InChI=1S/C21H18O6/c1-2-5-13-10-20(22)27-18-11-14(8-9-15(13)18)25-21(23)19-12-24-16-6-3-4-7-17(16)26-19/h3-4,6-11,19H,2,5,12H2,1H3/t19-/m1/s1. The number of aryl methyl sites for hydroxylation is 1. The Morgan fingerprint density at radius 1 is 1.15 bits per heavy atom. The molecule has 0 bridgehead atoms. The summed E-state index contributed by atoms with van der Waals surface area (Å²) >= 11 is 0. The fourth-order valence-corrected chi connectivity index (χ4v) is 3.07. The lowest BCUT2D eigenvalue weighted by Crippen LogP contribution is -2.39. The van der Waals surface area contributed by atoms with Crippen LogP contribution in [0.5, 0.6) is 17.2 Å². The molecule has 138 valence electrons. The Hall–Kier alpha value is -3.28. The van der Waals surface area contributed by atoms with Gasteiger partial charge in [0.1, 0.15) is 17.9 Å². The van der Waals surface area contributed by atoms with Crippen LogP contribution in [0.25, 0.3) is 11.0 Å². The minimum atomic E-state index is -0.867. The van der Waals surface area contributed by atoms with E-state index in [4.69, 9.17) is 18.6 Å². The molecule has 0 fully saturated rings. The van der Waals surface area contributed by atoms with Gasteiger partial charge in [0.15, 0.2) is 11.5 Å². The summed E-state index contributed by atoms with van der Waals surface area (Å²) in [4.78, 5) is 24.2. The average Bonchev–Trinajstić information content (AvgIpc) is 2.67. The van der Waals surface area contributed by atoms with E-state index in [0.717, 1.165) is 23.8 Å². The van der Waals surface area contributed by atoms with Crippen LogP contribution in [-0.4, -0.2) is 18.7 Å². The molecule has 2 heterocycles. The molecular formula is C21H18O6. The number of ether oxygens (including phenoxy) is 3. The van der Waals surface area contributed by atoms with Crippen LogP contribution >= 0.6 is 0 Å². The van der Waals surface area contributed by atoms with Crippen molar-refractivity contribution < 1.29 is 23.4 Å². The first-order chi connectivity index (χ1) is 13.1. The number of esters is 1. The van der Waals surface area contributed by atoms with Gasteiger partial charge in [0.2, 0.25) is 6.10 Å². The summed E-state index contributed by atoms with van der Waals surface area (Å²) in [6, 6.07) is 13.7. The number of para-hydroxylation sites is 2. The maximum Gasteiger partial charge on any atom is 0.356 e. The van der Waals surface area contributed by atoms with Gasteiger partial charge < -0.3 is 18.6 Å². The smallest absolute Gasteiger partial charge is 0.356 e. The molecule has 0 radical (unpaired) electrons. The van der Waals surface area contributed by atoms with E-state index >= 15 is 0 Å². The minimum Gasteiger partial charge on any atom is -0.485 e. The second-order valence-electron chi connectivity index (χ2n) is 6.28. The van der Waals surface area contributed by atoms with Gasteiger partial charge in [0, 0.05) is 17.5 Å². The molecule has 6 heteroatoms. The van der Waals surface area contributed by atoms with E-state index in [2.05, 4.69) is 0 Å². The van der Waals surface area contributed by atoms with Crippen LogP contribution in [-0.2, 0) is 11.2 Å². The van der Waals surface area contributed by atoms with Gasteiger partial charge in [-0.15, -0.1) is 0 Å². The molecule has 0 unspecified atom stereocenters. The van der Waals surface area contributed by atoms with Crippen molar-refractivity contribution in [3.63, 3.8) is 0 Å². The van der Waals surface area contributed by atoms with Crippen molar-refractivity contribution in [2.24, 2.45) is 0 Å². The molecule has 27 heavy (non-hydrogen) atoms. The summed E-state index contributed by atoms with van der Waals surface area (Å²) in [5.74, 6) is 0.805. The second-order valence-corrected chi connectivity index (χ2v) is 6.28. The summed E-state index contributed by atoms with van der Waals surface area (Å²) in [5.41, 5.74) is 0.889. The molecule has 0 saturated carbocycles. The molecule has 3 aromatic rings. The predicted octanol–water partition coefficient (Wildman–Crippen LogP) is 3.49. The van der Waals surface area contributed by atoms with E-state index in [1.165, 1.54) is 6.07 Å². The van der Waals surface area contributed by atoms with Crippen LogP contribution in [0.1, 0.15) is 18.9 Å². The number of carbonyl (C=O) groups is 1. The van der Waals surface area contributed by atoms with Crippen molar-refractivity contribution in [1.29, 1.82) is 0 Å². The van der Waals surface area contributed by atoms with Gasteiger partial charge in [0.25, 0.3) is 0 Å². The first kappa shape index (κ1) is 17.1. The summed E-state index contributed by atoms with van der Waals surface area (Å²) in [6.07, 6.45) is 0.818. The third-order valence-electron chi connectivity index (χ3n) is 4.31. The lowest BCUT2D eigenvalue weighted by molar-refractivity contribution is -0.144. The number of fused-ring (bicyclic) bond motifs is 2. The normalized spacial score (nSPS) is 15.5. The third kappa shape index (κ3) is 3.51. The monoisotopic (exact) mass is 366 g/mol. The van der Waals surface area contributed by atoms with Gasteiger partial charge >= 0.3 is 11.6 Å². The Labute approximate surface area is 155 Å². The highest BCUT2D eigenvalue weighted by atomic mass is 16.6. The molecule has 1 aromatic heterocycles. The SMILES string of the molecule is CCCc1cc(=O)oc2cc(OC(=O)[C@H]3COc4ccccc4O3)ccc12. The quantitative estimate of drug-likeness (QED) is 0.400. The highest BCUT2D eigenvalue weighted by molar-refractivity contribution is 5.83. The Morgan fingerprint density at radius 2 is 1.96 bits per heavy atom. The molecule has 4 rings (SSSR count). The van der Waals surface area contributed by atoms with Crippen molar-refractivity contribution in [2.75, 3.05) is 6.61 Å². The molecule has 0 aliphatic carbocycles. The van der Waals surface area contributed by atoms with Crippen LogP contribution in [0.2, 0.25) is 0 Å². The molecule has 0 spiro atoms. The van der Waals surface area contributed by atoms with Crippen molar-refractivity contribution in [3.05, 3.63) is 64.5 Å². The van der Waals surface area contributed by atoms with E-state index in [1.54, 1.807) is 36.4 Å². The molecule has 6 nitrogen and oxygen atoms in total. The summed E-state index contributed by atoms with van der Waals surface area (Å²) in [5, 5.41) is 0.836. The molecule has 0 N–H and O–H groups in total. The van der Waals surface area contributed by atoms with Crippen LogP contribution in [0.4, 0.5) is 0 Å². The van der Waals surface area contributed by atoms with Crippen molar-refractivity contribution in [1.82, 2.24) is 0 Å². The van der Waals surface area contributed by atoms with Gasteiger partial charge in [-0.3, -0.25) is 0 Å². The largest absolute Gasteiger partial charge is 0.485 e. The zero-order valence-electron chi connectivity index (χ0n) is 14.8. The van der Waals surface area contributed by atoms with Crippen LogP contribution in [0.3, 0.4) is 0 Å². The van der Waals surface area contributed by atoms with Gasteiger partial charge in [-0.1, -0.05) is 25.5 Å². The fraction of sp³-hybridized carbons (Fsp3) is 0.238.